The molecule has 0 unspecified atom stereocenters. The van der Waals surface area contributed by atoms with E-state index in [1.807, 2.05) is 0 Å². The highest BCUT2D eigenvalue weighted by Crippen LogP contribution is 2.39. The number of benzene rings is 2. The van der Waals surface area contributed by atoms with Gasteiger partial charge in [-0.15, -0.1) is 0 Å². The summed E-state index contributed by atoms with van der Waals surface area (Å²) >= 11 is 5.68. The Kier molecular flexibility index (Phi) is 3.81. The first-order chi connectivity index (χ1) is 9.32. The smallest absolute Gasteiger partial charge is 0.416 e. The zero-order chi connectivity index (χ0) is 14.9. The summed E-state index contributed by atoms with van der Waals surface area (Å²) in [6, 6.07) is 7.37. The minimum atomic E-state index is -4.45. The molecular weight excluding hydrogens is 293 g/mol. The van der Waals surface area contributed by atoms with Crippen LogP contribution in [-0.4, -0.2) is 12.2 Å². The Morgan fingerprint density at radius 2 is 1.80 bits per heavy atom. The second-order valence-electron chi connectivity index (χ2n) is 4.08. The number of phenols is 1. The third kappa shape index (κ3) is 2.82. The van der Waals surface area contributed by atoms with Gasteiger partial charge in [0, 0.05) is 5.56 Å². The highest BCUT2D eigenvalue weighted by atomic mass is 35.5. The fraction of sp³-hybridized carbons (Fsp3) is 0.143. The topological polar surface area (TPSA) is 29.5 Å². The lowest BCUT2D eigenvalue weighted by molar-refractivity contribution is -0.137. The SMILES string of the molecule is COc1ccc(C(F)(F)F)cc1-c1ccc(Cl)c(O)c1. The largest absolute Gasteiger partial charge is 0.506 e. The lowest BCUT2D eigenvalue weighted by Crippen LogP contribution is -2.05. The van der Waals surface area contributed by atoms with Crippen LogP contribution in [0.3, 0.4) is 0 Å². The number of alkyl halides is 3. The molecular formula is C14H10ClF3O2. The molecule has 0 bridgehead atoms. The van der Waals surface area contributed by atoms with Gasteiger partial charge in [0.25, 0.3) is 0 Å². The summed E-state index contributed by atoms with van der Waals surface area (Å²) in [5.74, 6) is 0.0725. The van der Waals surface area contributed by atoms with Crippen molar-refractivity contribution in [2.45, 2.75) is 6.18 Å². The van der Waals surface area contributed by atoms with Gasteiger partial charge in [0.15, 0.2) is 0 Å². The van der Waals surface area contributed by atoms with Crippen LogP contribution in [0.15, 0.2) is 36.4 Å². The maximum Gasteiger partial charge on any atom is 0.416 e. The average molecular weight is 303 g/mol. The monoisotopic (exact) mass is 302 g/mol. The highest BCUT2D eigenvalue weighted by molar-refractivity contribution is 6.32. The molecule has 0 saturated heterocycles. The van der Waals surface area contributed by atoms with Crippen LogP contribution in [0.25, 0.3) is 11.1 Å². The molecule has 0 atom stereocenters. The van der Waals surface area contributed by atoms with E-state index in [-0.39, 0.29) is 22.1 Å². The molecule has 0 radical (unpaired) electrons. The Morgan fingerprint density at radius 3 is 2.35 bits per heavy atom. The lowest BCUT2D eigenvalue weighted by Gasteiger charge is -2.13. The van der Waals surface area contributed by atoms with E-state index in [0.717, 1.165) is 12.1 Å². The van der Waals surface area contributed by atoms with Gasteiger partial charge in [0.2, 0.25) is 0 Å². The summed E-state index contributed by atoms with van der Waals surface area (Å²) in [6.45, 7) is 0. The Balaban J connectivity index is 2.61. The average Bonchev–Trinajstić information content (AvgIpc) is 2.40. The normalized spacial score (nSPS) is 11.4. The van der Waals surface area contributed by atoms with Crippen molar-refractivity contribution in [2.75, 3.05) is 7.11 Å². The summed E-state index contributed by atoms with van der Waals surface area (Å²) in [5.41, 5.74) is -0.174. The van der Waals surface area contributed by atoms with Crippen molar-refractivity contribution in [1.82, 2.24) is 0 Å². The Morgan fingerprint density at radius 1 is 1.10 bits per heavy atom. The van der Waals surface area contributed by atoms with E-state index < -0.39 is 11.7 Å². The molecule has 0 fully saturated rings. The fourth-order valence-electron chi connectivity index (χ4n) is 1.79. The Labute approximate surface area is 118 Å². The molecule has 20 heavy (non-hydrogen) atoms. The maximum absolute atomic E-state index is 12.8. The zero-order valence-electron chi connectivity index (χ0n) is 10.3. The van der Waals surface area contributed by atoms with Gasteiger partial charge in [-0.05, 0) is 35.9 Å². The molecule has 0 saturated carbocycles. The van der Waals surface area contributed by atoms with Gasteiger partial charge in [-0.25, -0.2) is 0 Å². The summed E-state index contributed by atoms with van der Waals surface area (Å²) < 4.78 is 43.3. The van der Waals surface area contributed by atoms with E-state index in [0.29, 0.717) is 5.56 Å². The predicted octanol–water partition coefficient (Wildman–Crippen LogP) is 4.74. The number of methoxy groups -OCH3 is 1. The van der Waals surface area contributed by atoms with Crippen molar-refractivity contribution in [2.24, 2.45) is 0 Å². The van der Waals surface area contributed by atoms with Crippen molar-refractivity contribution < 1.29 is 23.0 Å². The zero-order valence-corrected chi connectivity index (χ0v) is 11.1. The van der Waals surface area contributed by atoms with E-state index in [1.165, 1.54) is 31.4 Å². The van der Waals surface area contributed by atoms with Crippen molar-refractivity contribution in [1.29, 1.82) is 0 Å². The van der Waals surface area contributed by atoms with Crippen LogP contribution >= 0.6 is 11.6 Å². The van der Waals surface area contributed by atoms with Gasteiger partial charge >= 0.3 is 6.18 Å². The van der Waals surface area contributed by atoms with Gasteiger partial charge in [-0.1, -0.05) is 17.7 Å². The second kappa shape index (κ2) is 5.25. The Bertz CT molecular complexity index is 639. The first-order valence-corrected chi connectivity index (χ1v) is 5.95. The third-order valence-corrected chi connectivity index (χ3v) is 3.10. The van der Waals surface area contributed by atoms with Gasteiger partial charge in [-0.2, -0.15) is 13.2 Å². The van der Waals surface area contributed by atoms with E-state index >= 15 is 0 Å². The van der Waals surface area contributed by atoms with Crippen LogP contribution in [-0.2, 0) is 6.18 Å². The number of hydrogen-bond donors (Lipinski definition) is 1. The van der Waals surface area contributed by atoms with Crippen LogP contribution in [0.2, 0.25) is 5.02 Å². The molecule has 0 heterocycles. The number of rotatable bonds is 2. The standard InChI is InChI=1S/C14H10ClF3O2/c1-20-13-5-3-9(14(16,17)18)7-10(13)8-2-4-11(15)12(19)6-8/h2-7,19H,1H3. The first kappa shape index (κ1) is 14.5. The van der Waals surface area contributed by atoms with Gasteiger partial charge in [-0.3, -0.25) is 0 Å². The molecule has 0 spiro atoms. The minimum absolute atomic E-state index is 0.125. The fourth-order valence-corrected chi connectivity index (χ4v) is 1.91. The van der Waals surface area contributed by atoms with E-state index in [4.69, 9.17) is 16.3 Å². The van der Waals surface area contributed by atoms with Crippen LogP contribution in [0, 0.1) is 0 Å². The van der Waals surface area contributed by atoms with Crippen molar-refractivity contribution in [3.63, 3.8) is 0 Å². The lowest BCUT2D eigenvalue weighted by atomic mass is 10.0. The number of aromatic hydroxyl groups is 1. The molecule has 0 aliphatic carbocycles. The number of phenolic OH excluding ortho intramolecular Hbond substituents is 1. The van der Waals surface area contributed by atoms with Gasteiger partial charge in [0.05, 0.1) is 17.7 Å². The third-order valence-electron chi connectivity index (χ3n) is 2.78. The van der Waals surface area contributed by atoms with E-state index in [9.17, 15) is 18.3 Å². The van der Waals surface area contributed by atoms with Crippen LogP contribution in [0.1, 0.15) is 5.56 Å². The summed E-state index contributed by atoms with van der Waals surface area (Å²) in [5, 5.41) is 9.68. The minimum Gasteiger partial charge on any atom is -0.506 e. The second-order valence-corrected chi connectivity index (χ2v) is 4.49. The van der Waals surface area contributed by atoms with E-state index in [1.54, 1.807) is 0 Å². The molecule has 106 valence electrons. The van der Waals surface area contributed by atoms with Crippen molar-refractivity contribution in [3.8, 4) is 22.6 Å². The number of halogens is 4. The first-order valence-electron chi connectivity index (χ1n) is 5.57. The summed E-state index contributed by atoms with van der Waals surface area (Å²) in [7, 11) is 1.36. The predicted molar refractivity (Wildman–Crippen MR) is 70.1 cm³/mol. The molecule has 0 aromatic heterocycles. The Hall–Kier alpha value is -1.88. The molecule has 0 amide bonds. The molecule has 0 aliphatic heterocycles. The molecule has 2 rings (SSSR count). The van der Waals surface area contributed by atoms with Gasteiger partial charge < -0.3 is 9.84 Å². The molecule has 1 N–H and O–H groups in total. The van der Waals surface area contributed by atoms with Gasteiger partial charge in [0.1, 0.15) is 11.5 Å². The van der Waals surface area contributed by atoms with Crippen LogP contribution in [0.4, 0.5) is 13.2 Å². The highest BCUT2D eigenvalue weighted by Gasteiger charge is 2.31. The maximum atomic E-state index is 12.8. The van der Waals surface area contributed by atoms with Crippen LogP contribution < -0.4 is 4.74 Å². The quantitative estimate of drug-likeness (QED) is 0.868. The molecule has 2 aromatic carbocycles. The van der Waals surface area contributed by atoms with Crippen LogP contribution in [0.5, 0.6) is 11.5 Å². The molecule has 2 nitrogen and oxygen atoms in total. The van der Waals surface area contributed by atoms with E-state index in [2.05, 4.69) is 0 Å². The van der Waals surface area contributed by atoms with Crippen molar-refractivity contribution >= 4 is 11.6 Å². The molecule has 6 heteroatoms. The van der Waals surface area contributed by atoms with Crippen molar-refractivity contribution in [3.05, 3.63) is 47.0 Å². The number of hydrogen-bond acceptors (Lipinski definition) is 2. The molecule has 0 aliphatic rings. The molecule has 2 aromatic rings. The summed E-state index contributed by atoms with van der Waals surface area (Å²) in [6.07, 6.45) is -4.45. The summed E-state index contributed by atoms with van der Waals surface area (Å²) in [4.78, 5) is 0. The number of ether oxygens (including phenoxy) is 1.